The Labute approximate surface area is 221 Å². The van der Waals surface area contributed by atoms with Gasteiger partial charge in [0.05, 0.1) is 6.10 Å². The molecule has 5 rings (SSSR count). The average molecular weight is 511 g/mol. The third-order valence-electron chi connectivity index (χ3n) is 6.71. The van der Waals surface area contributed by atoms with Gasteiger partial charge in [-0.25, -0.2) is 0 Å². The molecule has 0 saturated carbocycles. The molecule has 0 spiro atoms. The second kappa shape index (κ2) is 11.8. The molecule has 0 bridgehead atoms. The van der Waals surface area contributed by atoms with Gasteiger partial charge in [0.1, 0.15) is 6.04 Å². The molecule has 0 aliphatic carbocycles. The van der Waals surface area contributed by atoms with Crippen LogP contribution in [0.5, 0.6) is 0 Å². The van der Waals surface area contributed by atoms with E-state index < -0.39 is 12.1 Å². The Bertz CT molecular complexity index is 1360. The number of carbonyl (C=O) groups is 2. The summed E-state index contributed by atoms with van der Waals surface area (Å²) in [6, 6.07) is 25.9. The Balaban J connectivity index is 1.20. The molecule has 2 N–H and O–H groups in total. The number of benzene rings is 3. The van der Waals surface area contributed by atoms with Crippen LogP contribution >= 0.6 is 0 Å². The first kappa shape index (κ1) is 25.4. The number of rotatable bonds is 9. The van der Waals surface area contributed by atoms with Crippen molar-refractivity contribution in [3.05, 3.63) is 119 Å². The molecule has 1 fully saturated rings. The van der Waals surface area contributed by atoms with Crippen molar-refractivity contribution in [1.29, 1.82) is 0 Å². The van der Waals surface area contributed by atoms with Crippen LogP contribution in [0.1, 0.15) is 62.4 Å². The summed E-state index contributed by atoms with van der Waals surface area (Å²) in [6.07, 6.45) is 2.11. The van der Waals surface area contributed by atoms with Crippen LogP contribution in [-0.2, 0) is 19.4 Å². The second-order valence-electron chi connectivity index (χ2n) is 9.50. The Hall–Kier alpha value is -4.30. The predicted octanol–water partition coefficient (Wildman–Crippen LogP) is 4.12. The second-order valence-corrected chi connectivity index (χ2v) is 9.50. The molecule has 1 aliphatic heterocycles. The SMILES string of the molecule is O=C(NCc1ccccc1)c1ccc(C(=O)N2C[C@H](O)C[C@@H]2c2nc(CCCc3ccccc3)no2)cc1. The van der Waals surface area contributed by atoms with Crippen LogP contribution in [0.3, 0.4) is 0 Å². The molecule has 2 heterocycles. The number of hydrogen-bond donors (Lipinski definition) is 2. The first-order valence-electron chi connectivity index (χ1n) is 12.8. The molecule has 4 aromatic rings. The maximum Gasteiger partial charge on any atom is 0.254 e. The number of aromatic nitrogens is 2. The van der Waals surface area contributed by atoms with E-state index in [4.69, 9.17) is 4.52 Å². The van der Waals surface area contributed by atoms with Crippen molar-refractivity contribution in [2.24, 2.45) is 0 Å². The molecular formula is C30H30N4O4. The summed E-state index contributed by atoms with van der Waals surface area (Å²) in [5.74, 6) is 0.455. The molecule has 0 unspecified atom stereocenters. The predicted molar refractivity (Wildman–Crippen MR) is 141 cm³/mol. The van der Waals surface area contributed by atoms with E-state index in [1.807, 2.05) is 48.5 Å². The number of carbonyl (C=O) groups excluding carboxylic acids is 2. The number of likely N-dealkylation sites (tertiary alicyclic amines) is 1. The van der Waals surface area contributed by atoms with Gasteiger partial charge in [0.25, 0.3) is 11.8 Å². The highest BCUT2D eigenvalue weighted by Crippen LogP contribution is 2.32. The molecule has 8 nitrogen and oxygen atoms in total. The summed E-state index contributed by atoms with van der Waals surface area (Å²) in [5, 5.41) is 17.3. The van der Waals surface area contributed by atoms with Crippen LogP contribution in [0.2, 0.25) is 0 Å². The number of aliphatic hydroxyl groups excluding tert-OH is 1. The molecule has 0 radical (unpaired) electrons. The molecule has 1 aromatic heterocycles. The lowest BCUT2D eigenvalue weighted by Crippen LogP contribution is -2.32. The quantitative estimate of drug-likeness (QED) is 0.351. The lowest BCUT2D eigenvalue weighted by atomic mass is 10.1. The largest absolute Gasteiger partial charge is 0.391 e. The van der Waals surface area contributed by atoms with E-state index in [0.717, 1.165) is 18.4 Å². The van der Waals surface area contributed by atoms with Crippen molar-refractivity contribution >= 4 is 11.8 Å². The van der Waals surface area contributed by atoms with Gasteiger partial charge in [-0.1, -0.05) is 65.8 Å². The standard InChI is InChI=1S/C30H30N4O4/c35-25-18-26(29-32-27(33-38-29)13-7-12-21-8-3-1-4-9-21)34(20-25)30(37)24-16-14-23(15-17-24)28(36)31-19-22-10-5-2-6-11-22/h1-6,8-11,14-17,25-26,35H,7,12-13,18-20H2,(H,31,36)/t25-,26-/m1/s1. The van der Waals surface area contributed by atoms with Crippen LogP contribution in [0, 0.1) is 0 Å². The van der Waals surface area contributed by atoms with Gasteiger partial charge in [-0.15, -0.1) is 0 Å². The fourth-order valence-electron chi connectivity index (χ4n) is 4.68. The monoisotopic (exact) mass is 510 g/mol. The van der Waals surface area contributed by atoms with Crippen molar-refractivity contribution in [1.82, 2.24) is 20.4 Å². The van der Waals surface area contributed by atoms with Crippen LogP contribution in [0.4, 0.5) is 0 Å². The van der Waals surface area contributed by atoms with E-state index >= 15 is 0 Å². The lowest BCUT2D eigenvalue weighted by molar-refractivity contribution is 0.0693. The third-order valence-corrected chi connectivity index (χ3v) is 6.71. The van der Waals surface area contributed by atoms with Gasteiger partial charge in [-0.3, -0.25) is 9.59 Å². The fraction of sp³-hybridized carbons (Fsp3) is 0.267. The molecule has 38 heavy (non-hydrogen) atoms. The normalized spacial score (nSPS) is 16.9. The van der Waals surface area contributed by atoms with Gasteiger partial charge in [-0.05, 0) is 48.2 Å². The van der Waals surface area contributed by atoms with Gasteiger partial charge >= 0.3 is 0 Å². The highest BCUT2D eigenvalue weighted by atomic mass is 16.5. The van der Waals surface area contributed by atoms with Crippen LogP contribution < -0.4 is 5.32 Å². The molecule has 3 aromatic carbocycles. The molecular weight excluding hydrogens is 480 g/mol. The summed E-state index contributed by atoms with van der Waals surface area (Å²) in [4.78, 5) is 32.0. The van der Waals surface area contributed by atoms with Crippen molar-refractivity contribution in [2.75, 3.05) is 6.54 Å². The molecule has 2 atom stereocenters. The summed E-state index contributed by atoms with van der Waals surface area (Å²) in [5.41, 5.74) is 3.15. The lowest BCUT2D eigenvalue weighted by Gasteiger charge is -2.21. The van der Waals surface area contributed by atoms with E-state index in [2.05, 4.69) is 27.6 Å². The minimum atomic E-state index is -0.680. The maximum absolute atomic E-state index is 13.3. The zero-order valence-corrected chi connectivity index (χ0v) is 21.0. The molecule has 8 heteroatoms. The van der Waals surface area contributed by atoms with E-state index in [0.29, 0.717) is 42.2 Å². The minimum absolute atomic E-state index is 0.175. The number of hydrogen-bond acceptors (Lipinski definition) is 6. The molecule has 194 valence electrons. The van der Waals surface area contributed by atoms with Crippen molar-refractivity contribution < 1.29 is 19.2 Å². The number of nitrogens with one attached hydrogen (secondary N) is 1. The van der Waals surface area contributed by atoms with Gasteiger partial charge < -0.3 is 19.8 Å². The number of nitrogens with zero attached hydrogens (tertiary/aromatic N) is 3. The number of aryl methyl sites for hydroxylation is 2. The fourth-order valence-corrected chi connectivity index (χ4v) is 4.68. The zero-order valence-electron chi connectivity index (χ0n) is 21.0. The number of amides is 2. The molecule has 1 saturated heterocycles. The van der Waals surface area contributed by atoms with Gasteiger partial charge in [0.15, 0.2) is 5.82 Å². The first-order valence-corrected chi connectivity index (χ1v) is 12.8. The van der Waals surface area contributed by atoms with E-state index in [1.54, 1.807) is 29.2 Å². The molecule has 1 aliphatic rings. The van der Waals surface area contributed by atoms with Crippen LogP contribution in [-0.4, -0.2) is 44.6 Å². The topological polar surface area (TPSA) is 109 Å². The highest BCUT2D eigenvalue weighted by Gasteiger charge is 2.39. The van der Waals surface area contributed by atoms with Crippen LogP contribution in [0.25, 0.3) is 0 Å². The first-order chi connectivity index (χ1) is 18.6. The maximum atomic E-state index is 13.3. The number of aliphatic hydroxyl groups is 1. The highest BCUT2D eigenvalue weighted by molar-refractivity contribution is 5.98. The Morgan fingerprint density at radius 3 is 2.26 bits per heavy atom. The Morgan fingerprint density at radius 2 is 1.55 bits per heavy atom. The average Bonchev–Trinajstić information content (AvgIpc) is 3.59. The summed E-state index contributed by atoms with van der Waals surface area (Å²) < 4.78 is 5.51. The van der Waals surface area contributed by atoms with E-state index in [9.17, 15) is 14.7 Å². The molecule has 2 amide bonds. The van der Waals surface area contributed by atoms with Gasteiger partial charge in [0, 0.05) is 37.1 Å². The summed E-state index contributed by atoms with van der Waals surface area (Å²) in [7, 11) is 0. The Morgan fingerprint density at radius 1 is 0.895 bits per heavy atom. The van der Waals surface area contributed by atoms with Crippen molar-refractivity contribution in [2.45, 2.75) is 44.4 Å². The third kappa shape index (κ3) is 6.15. The van der Waals surface area contributed by atoms with Crippen molar-refractivity contribution in [3.63, 3.8) is 0 Å². The van der Waals surface area contributed by atoms with E-state index in [1.165, 1.54) is 5.56 Å². The van der Waals surface area contributed by atoms with Gasteiger partial charge in [0.2, 0.25) is 5.89 Å². The Kier molecular flexibility index (Phi) is 7.89. The van der Waals surface area contributed by atoms with E-state index in [-0.39, 0.29) is 18.4 Å². The van der Waals surface area contributed by atoms with Crippen LogP contribution in [0.15, 0.2) is 89.5 Å². The smallest absolute Gasteiger partial charge is 0.254 e. The summed E-state index contributed by atoms with van der Waals surface area (Å²) >= 11 is 0. The number of β-amino-alcohol motifs (C(OH)–C–C–N with tert-alkyl or cyclic N) is 1. The minimum Gasteiger partial charge on any atom is -0.391 e. The zero-order chi connectivity index (χ0) is 26.3. The van der Waals surface area contributed by atoms with Gasteiger partial charge in [-0.2, -0.15) is 4.98 Å². The summed E-state index contributed by atoms with van der Waals surface area (Å²) in [6.45, 7) is 0.598. The van der Waals surface area contributed by atoms with Crippen molar-refractivity contribution in [3.8, 4) is 0 Å².